The molecule has 7 nitrogen and oxygen atoms in total. The van der Waals surface area contributed by atoms with Crippen LogP contribution in [0.2, 0.25) is 5.02 Å². The Kier molecular flexibility index (Phi) is 5.87. The van der Waals surface area contributed by atoms with Gasteiger partial charge in [0.2, 0.25) is 0 Å². The Bertz CT molecular complexity index is 899. The number of carbonyl (C=O) groups is 2. The fraction of sp³-hybridized carbons (Fsp3) is 0.476. The number of benzene rings is 1. The van der Waals surface area contributed by atoms with E-state index in [0.29, 0.717) is 67.3 Å². The lowest BCUT2D eigenvalue weighted by Crippen LogP contribution is -2.41. The molecule has 2 saturated heterocycles. The molecule has 2 aliphatic rings. The van der Waals surface area contributed by atoms with Crippen molar-refractivity contribution < 1.29 is 18.7 Å². The van der Waals surface area contributed by atoms with Crippen LogP contribution in [0.3, 0.4) is 0 Å². The smallest absolute Gasteiger partial charge is 0.276 e. The van der Waals surface area contributed by atoms with E-state index in [1.165, 1.54) is 0 Å². The van der Waals surface area contributed by atoms with E-state index in [1.54, 1.807) is 24.0 Å². The van der Waals surface area contributed by atoms with Gasteiger partial charge in [0.15, 0.2) is 11.6 Å². The molecule has 0 radical (unpaired) electrons. The average molecular weight is 418 g/mol. The molecule has 2 aliphatic heterocycles. The molecule has 1 aromatic heterocycles. The summed E-state index contributed by atoms with van der Waals surface area (Å²) < 4.78 is 11.2. The zero-order chi connectivity index (χ0) is 20.4. The molecular formula is C21H24ClN3O4. The lowest BCUT2D eigenvalue weighted by Gasteiger charge is -2.31. The summed E-state index contributed by atoms with van der Waals surface area (Å²) >= 11 is 6.16. The van der Waals surface area contributed by atoms with Gasteiger partial charge >= 0.3 is 0 Å². The van der Waals surface area contributed by atoms with Gasteiger partial charge in [0.05, 0.1) is 23.8 Å². The number of likely N-dealkylation sites (tertiary alicyclic amines) is 1. The van der Waals surface area contributed by atoms with Crippen molar-refractivity contribution in [1.82, 2.24) is 14.8 Å². The first kappa shape index (κ1) is 19.9. The predicted molar refractivity (Wildman–Crippen MR) is 107 cm³/mol. The van der Waals surface area contributed by atoms with Crippen molar-refractivity contribution in [3.05, 3.63) is 52.2 Å². The van der Waals surface area contributed by atoms with Crippen LogP contribution in [0.25, 0.3) is 0 Å². The molecule has 29 heavy (non-hydrogen) atoms. The van der Waals surface area contributed by atoms with Crippen LogP contribution >= 0.6 is 11.6 Å². The maximum absolute atomic E-state index is 12.7. The third-order valence-electron chi connectivity index (χ3n) is 5.55. The highest BCUT2D eigenvalue weighted by molar-refractivity contribution is 6.33. The van der Waals surface area contributed by atoms with E-state index >= 15 is 0 Å². The second-order valence-electron chi connectivity index (χ2n) is 7.41. The van der Waals surface area contributed by atoms with Crippen LogP contribution in [0.1, 0.15) is 51.3 Å². The van der Waals surface area contributed by atoms with Crippen LogP contribution in [0, 0.1) is 6.92 Å². The van der Waals surface area contributed by atoms with Gasteiger partial charge in [-0.3, -0.25) is 9.59 Å². The van der Waals surface area contributed by atoms with Gasteiger partial charge in [0.25, 0.3) is 11.8 Å². The normalized spacial score (nSPS) is 18.1. The zero-order valence-electron chi connectivity index (χ0n) is 16.4. The van der Waals surface area contributed by atoms with E-state index in [4.69, 9.17) is 20.8 Å². The maximum Gasteiger partial charge on any atom is 0.276 e. The molecule has 4 rings (SSSR count). The highest BCUT2D eigenvalue weighted by Gasteiger charge is 2.31. The number of amides is 2. The highest BCUT2D eigenvalue weighted by atomic mass is 35.5. The number of aryl methyl sites for hydroxylation is 1. The van der Waals surface area contributed by atoms with Crippen molar-refractivity contribution in [1.29, 1.82) is 0 Å². The van der Waals surface area contributed by atoms with E-state index < -0.39 is 0 Å². The monoisotopic (exact) mass is 417 g/mol. The molecule has 8 heteroatoms. The quantitative estimate of drug-likeness (QED) is 0.766. The molecule has 0 saturated carbocycles. The first-order valence-corrected chi connectivity index (χ1v) is 10.3. The lowest BCUT2D eigenvalue weighted by molar-refractivity contribution is 0.0298. The van der Waals surface area contributed by atoms with Crippen LogP contribution < -0.4 is 0 Å². The van der Waals surface area contributed by atoms with Gasteiger partial charge in [0, 0.05) is 32.1 Å². The molecule has 0 aliphatic carbocycles. The number of hydrogen-bond acceptors (Lipinski definition) is 5. The van der Waals surface area contributed by atoms with Gasteiger partial charge in [-0.2, -0.15) is 0 Å². The number of carbonyl (C=O) groups excluding carboxylic acids is 2. The molecule has 0 N–H and O–H groups in total. The lowest BCUT2D eigenvalue weighted by atomic mass is 9.96. The van der Waals surface area contributed by atoms with E-state index in [9.17, 15) is 9.59 Å². The molecule has 0 bridgehead atoms. The van der Waals surface area contributed by atoms with Crippen LogP contribution in [-0.2, 0) is 4.74 Å². The Morgan fingerprint density at radius 1 is 1.03 bits per heavy atom. The molecule has 2 fully saturated rings. The van der Waals surface area contributed by atoms with Crippen molar-refractivity contribution in [2.24, 2.45) is 0 Å². The Morgan fingerprint density at radius 2 is 1.69 bits per heavy atom. The first-order chi connectivity index (χ1) is 14.0. The van der Waals surface area contributed by atoms with Crippen LogP contribution in [-0.4, -0.2) is 66.0 Å². The largest absolute Gasteiger partial charge is 0.445 e. The molecular weight excluding hydrogens is 394 g/mol. The molecule has 1 aromatic carbocycles. The van der Waals surface area contributed by atoms with Gasteiger partial charge in [-0.05, 0) is 31.9 Å². The SMILES string of the molecule is Cc1oc(C2CCN(C(=O)c3ccccc3Cl)CC2)nc1C(=O)N1CCOCC1. The van der Waals surface area contributed by atoms with E-state index in [1.807, 2.05) is 17.0 Å². The molecule has 3 heterocycles. The summed E-state index contributed by atoms with van der Waals surface area (Å²) in [4.78, 5) is 33.6. The summed E-state index contributed by atoms with van der Waals surface area (Å²) in [7, 11) is 0. The second-order valence-corrected chi connectivity index (χ2v) is 7.81. The fourth-order valence-corrected chi connectivity index (χ4v) is 4.06. The fourth-order valence-electron chi connectivity index (χ4n) is 3.84. The van der Waals surface area contributed by atoms with E-state index in [-0.39, 0.29) is 17.7 Å². The number of rotatable bonds is 3. The number of oxazole rings is 1. The minimum absolute atomic E-state index is 0.0548. The van der Waals surface area contributed by atoms with Crippen LogP contribution in [0.15, 0.2) is 28.7 Å². The third-order valence-corrected chi connectivity index (χ3v) is 5.88. The molecule has 154 valence electrons. The summed E-state index contributed by atoms with van der Waals surface area (Å²) in [6.45, 7) is 5.22. The van der Waals surface area contributed by atoms with Gasteiger partial charge in [-0.15, -0.1) is 0 Å². The van der Waals surface area contributed by atoms with Crippen molar-refractivity contribution in [2.75, 3.05) is 39.4 Å². The summed E-state index contributed by atoms with van der Waals surface area (Å²) in [5.74, 6) is 1.07. The van der Waals surface area contributed by atoms with Crippen molar-refractivity contribution in [2.45, 2.75) is 25.7 Å². The van der Waals surface area contributed by atoms with Gasteiger partial charge in [0.1, 0.15) is 5.76 Å². The number of morpholine rings is 1. The van der Waals surface area contributed by atoms with Crippen molar-refractivity contribution >= 4 is 23.4 Å². The average Bonchev–Trinajstić information content (AvgIpc) is 3.15. The molecule has 2 amide bonds. The van der Waals surface area contributed by atoms with Crippen molar-refractivity contribution in [3.8, 4) is 0 Å². The predicted octanol–water partition coefficient (Wildman–Crippen LogP) is 3.13. The van der Waals surface area contributed by atoms with Crippen molar-refractivity contribution in [3.63, 3.8) is 0 Å². The Hall–Kier alpha value is -2.38. The van der Waals surface area contributed by atoms with E-state index in [2.05, 4.69) is 4.98 Å². The summed E-state index contributed by atoms with van der Waals surface area (Å²) in [5.41, 5.74) is 0.912. The Morgan fingerprint density at radius 3 is 2.38 bits per heavy atom. The minimum Gasteiger partial charge on any atom is -0.445 e. The number of hydrogen-bond donors (Lipinski definition) is 0. The first-order valence-electron chi connectivity index (χ1n) is 9.92. The molecule has 0 unspecified atom stereocenters. The van der Waals surface area contributed by atoms with E-state index in [0.717, 1.165) is 12.8 Å². The minimum atomic E-state index is -0.105. The summed E-state index contributed by atoms with van der Waals surface area (Å²) in [6, 6.07) is 7.10. The number of aromatic nitrogens is 1. The molecule has 2 aromatic rings. The Balaban J connectivity index is 1.41. The number of ether oxygens (including phenoxy) is 1. The van der Waals surface area contributed by atoms with Crippen LogP contribution in [0.4, 0.5) is 0 Å². The zero-order valence-corrected chi connectivity index (χ0v) is 17.2. The van der Waals surface area contributed by atoms with Gasteiger partial charge < -0.3 is 19.0 Å². The topological polar surface area (TPSA) is 75.9 Å². The number of halogens is 1. The van der Waals surface area contributed by atoms with Gasteiger partial charge in [-0.1, -0.05) is 23.7 Å². The molecule has 0 atom stereocenters. The standard InChI is InChI=1S/C21H24ClN3O4/c1-14-18(21(27)25-10-12-28-13-11-25)23-19(29-14)15-6-8-24(9-7-15)20(26)16-4-2-3-5-17(16)22/h2-5,15H,6-13H2,1H3. The van der Waals surface area contributed by atoms with Crippen LogP contribution in [0.5, 0.6) is 0 Å². The number of piperidine rings is 1. The number of nitrogens with zero attached hydrogens (tertiary/aromatic N) is 3. The second kappa shape index (κ2) is 8.55. The maximum atomic E-state index is 12.7. The summed E-state index contributed by atoms with van der Waals surface area (Å²) in [5, 5.41) is 0.467. The van der Waals surface area contributed by atoms with Gasteiger partial charge in [-0.25, -0.2) is 4.98 Å². The third kappa shape index (κ3) is 4.16. The Labute approximate surface area is 174 Å². The molecule has 0 spiro atoms. The summed E-state index contributed by atoms with van der Waals surface area (Å²) in [6.07, 6.45) is 1.47. The highest BCUT2D eigenvalue weighted by Crippen LogP contribution is 2.30.